The Bertz CT molecular complexity index is 1800. The predicted molar refractivity (Wildman–Crippen MR) is 136 cm³/mol. The van der Waals surface area contributed by atoms with Gasteiger partial charge in [0.05, 0.1) is 5.52 Å². The Morgan fingerprint density at radius 3 is 2.23 bits per heavy atom. The summed E-state index contributed by atoms with van der Waals surface area (Å²) in [6.45, 7) is 0. The van der Waals surface area contributed by atoms with Gasteiger partial charge < -0.3 is 4.57 Å². The summed E-state index contributed by atoms with van der Waals surface area (Å²) in [4.78, 5) is 0. The zero-order valence-corrected chi connectivity index (χ0v) is 17.9. The van der Waals surface area contributed by atoms with Gasteiger partial charge in [-0.15, -0.1) is 11.3 Å². The Labute approximate surface area is 183 Å². The van der Waals surface area contributed by atoms with E-state index in [0.29, 0.717) is 0 Å². The largest absolute Gasteiger partial charge is 0.343 e. The number of nitrogens with zero attached hydrogens (tertiary/aromatic N) is 1. The number of hydrogen-bond acceptors (Lipinski definition) is 1. The molecule has 0 fully saturated rings. The van der Waals surface area contributed by atoms with E-state index in [0.717, 1.165) is 0 Å². The van der Waals surface area contributed by atoms with E-state index >= 15 is 0 Å². The maximum Gasteiger partial charge on any atom is 0.0568 e. The first-order valence-corrected chi connectivity index (χ1v) is 11.4. The maximum atomic E-state index is 2.36. The molecular weight excluding hydrogens is 394 g/mol. The second-order valence-electron chi connectivity index (χ2n) is 8.29. The normalized spacial score (nSPS) is 12.0. The summed E-state index contributed by atoms with van der Waals surface area (Å²) in [6, 6.07) is 35.6. The molecule has 0 amide bonds. The Hall–Kier alpha value is -3.62. The van der Waals surface area contributed by atoms with Crippen LogP contribution in [0.1, 0.15) is 0 Å². The van der Waals surface area contributed by atoms with Gasteiger partial charge in [-0.2, -0.15) is 0 Å². The van der Waals surface area contributed by atoms with E-state index in [9.17, 15) is 0 Å². The fourth-order valence-corrected chi connectivity index (χ4v) is 6.24. The molecule has 7 aromatic rings. The lowest BCUT2D eigenvalue weighted by molar-refractivity contribution is 1.02. The van der Waals surface area contributed by atoms with Crippen LogP contribution in [0.2, 0.25) is 0 Å². The zero-order chi connectivity index (χ0) is 20.5. The summed E-state index contributed by atoms with van der Waals surface area (Å²) in [5.74, 6) is 0. The summed E-state index contributed by atoms with van der Waals surface area (Å²) >= 11 is 1.88. The highest BCUT2D eigenvalue weighted by Gasteiger charge is 2.15. The van der Waals surface area contributed by atoms with Gasteiger partial charge in [0.2, 0.25) is 0 Å². The molecule has 0 spiro atoms. The molecule has 5 aromatic carbocycles. The smallest absolute Gasteiger partial charge is 0.0568 e. The lowest BCUT2D eigenvalue weighted by atomic mass is 10.00. The molecule has 0 unspecified atom stereocenters. The van der Waals surface area contributed by atoms with Crippen molar-refractivity contribution in [3.63, 3.8) is 0 Å². The highest BCUT2D eigenvalue weighted by molar-refractivity contribution is 7.25. The topological polar surface area (TPSA) is 4.93 Å². The van der Waals surface area contributed by atoms with Crippen molar-refractivity contribution in [1.82, 2.24) is 4.57 Å². The van der Waals surface area contributed by atoms with E-state index in [1.54, 1.807) is 0 Å². The molecule has 0 aliphatic heterocycles. The standard InChI is InChI=1S/C29H19NS/c1-30-26-16-19-8-3-2-7-18(19)15-25(26)24-11-6-10-21(29(24)30)20-13-14-23-22-9-4-5-12-27(22)31-28(23)17-20/h2-17H,1H3. The Balaban J connectivity index is 1.55. The quantitative estimate of drug-likeness (QED) is 0.254. The molecule has 0 atom stereocenters. The van der Waals surface area contributed by atoms with Crippen molar-refractivity contribution in [3.8, 4) is 11.1 Å². The fourth-order valence-electron chi connectivity index (χ4n) is 5.09. The Morgan fingerprint density at radius 1 is 0.581 bits per heavy atom. The number of aromatic nitrogens is 1. The van der Waals surface area contributed by atoms with Crippen LogP contribution in [0.4, 0.5) is 0 Å². The van der Waals surface area contributed by atoms with Crippen LogP contribution in [-0.4, -0.2) is 4.57 Å². The van der Waals surface area contributed by atoms with E-state index in [1.807, 2.05) is 11.3 Å². The molecule has 2 heteroatoms. The number of benzene rings is 5. The summed E-state index contributed by atoms with van der Waals surface area (Å²) in [5, 5.41) is 7.91. The third-order valence-corrected chi connectivity index (χ3v) is 7.71. The van der Waals surface area contributed by atoms with Crippen molar-refractivity contribution in [2.24, 2.45) is 7.05 Å². The Kier molecular flexibility index (Phi) is 3.42. The van der Waals surface area contributed by atoms with Gasteiger partial charge >= 0.3 is 0 Å². The molecule has 31 heavy (non-hydrogen) atoms. The van der Waals surface area contributed by atoms with Crippen molar-refractivity contribution >= 4 is 64.1 Å². The van der Waals surface area contributed by atoms with E-state index in [1.165, 1.54) is 63.9 Å². The highest BCUT2D eigenvalue weighted by atomic mass is 32.1. The van der Waals surface area contributed by atoms with Gasteiger partial charge in [-0.25, -0.2) is 0 Å². The van der Waals surface area contributed by atoms with Gasteiger partial charge in [0.15, 0.2) is 0 Å². The number of rotatable bonds is 1. The van der Waals surface area contributed by atoms with Crippen LogP contribution < -0.4 is 0 Å². The molecule has 7 rings (SSSR count). The van der Waals surface area contributed by atoms with Crippen molar-refractivity contribution < 1.29 is 0 Å². The molecule has 0 aliphatic rings. The molecule has 0 radical (unpaired) electrons. The third-order valence-electron chi connectivity index (χ3n) is 6.58. The van der Waals surface area contributed by atoms with E-state index in [4.69, 9.17) is 0 Å². The molecule has 2 aromatic heterocycles. The van der Waals surface area contributed by atoms with Crippen molar-refractivity contribution in [2.45, 2.75) is 0 Å². The number of thiophene rings is 1. The summed E-state index contributed by atoms with van der Waals surface area (Å²) in [5.41, 5.74) is 5.15. The Morgan fingerprint density at radius 2 is 1.32 bits per heavy atom. The number of fused-ring (bicyclic) bond motifs is 7. The molecule has 0 saturated carbocycles. The van der Waals surface area contributed by atoms with Crippen LogP contribution in [0.5, 0.6) is 0 Å². The first-order chi connectivity index (χ1) is 15.3. The highest BCUT2D eigenvalue weighted by Crippen LogP contribution is 2.40. The average molecular weight is 414 g/mol. The lowest BCUT2D eigenvalue weighted by Gasteiger charge is -2.07. The third kappa shape index (κ3) is 2.37. The average Bonchev–Trinajstić information content (AvgIpc) is 3.32. The van der Waals surface area contributed by atoms with Crippen molar-refractivity contribution in [2.75, 3.05) is 0 Å². The van der Waals surface area contributed by atoms with Gasteiger partial charge in [-0.05, 0) is 40.6 Å². The number of para-hydroxylation sites is 1. The van der Waals surface area contributed by atoms with E-state index in [-0.39, 0.29) is 0 Å². The van der Waals surface area contributed by atoms with Gasteiger partial charge in [-0.1, -0.05) is 72.8 Å². The monoisotopic (exact) mass is 413 g/mol. The van der Waals surface area contributed by atoms with Crippen molar-refractivity contribution in [3.05, 3.63) is 97.1 Å². The molecule has 0 aliphatic carbocycles. The van der Waals surface area contributed by atoms with Gasteiger partial charge in [0, 0.05) is 49.1 Å². The SMILES string of the molecule is Cn1c2cc3ccccc3cc2c2cccc(-c3ccc4c(c3)sc3ccccc34)c21. The molecule has 2 heterocycles. The predicted octanol–water partition coefficient (Wildman–Crippen LogP) is 8.52. The molecule has 146 valence electrons. The summed E-state index contributed by atoms with van der Waals surface area (Å²) in [7, 11) is 2.20. The molecule has 0 bridgehead atoms. The summed E-state index contributed by atoms with van der Waals surface area (Å²) in [6.07, 6.45) is 0. The molecular formula is C29H19NS. The fraction of sp³-hybridized carbons (Fsp3) is 0.0345. The van der Waals surface area contributed by atoms with E-state index < -0.39 is 0 Å². The minimum absolute atomic E-state index is 1.28. The van der Waals surface area contributed by atoms with Crippen LogP contribution in [0.25, 0.3) is 63.9 Å². The minimum Gasteiger partial charge on any atom is -0.343 e. The van der Waals surface area contributed by atoms with Crippen LogP contribution >= 0.6 is 11.3 Å². The number of hydrogen-bond donors (Lipinski definition) is 0. The molecule has 0 N–H and O–H groups in total. The first-order valence-electron chi connectivity index (χ1n) is 10.6. The molecule has 0 saturated heterocycles. The van der Waals surface area contributed by atoms with Gasteiger partial charge in [-0.3, -0.25) is 0 Å². The van der Waals surface area contributed by atoms with E-state index in [2.05, 4.69) is 109 Å². The van der Waals surface area contributed by atoms with Crippen molar-refractivity contribution in [1.29, 1.82) is 0 Å². The first kappa shape index (κ1) is 17.1. The van der Waals surface area contributed by atoms with Gasteiger partial charge in [0.25, 0.3) is 0 Å². The lowest BCUT2D eigenvalue weighted by Crippen LogP contribution is -1.90. The maximum absolute atomic E-state index is 2.36. The van der Waals surface area contributed by atoms with Crippen LogP contribution in [-0.2, 0) is 7.05 Å². The molecule has 1 nitrogen and oxygen atoms in total. The zero-order valence-electron chi connectivity index (χ0n) is 17.1. The van der Waals surface area contributed by atoms with Crippen LogP contribution in [0.3, 0.4) is 0 Å². The second kappa shape index (κ2) is 6.19. The van der Waals surface area contributed by atoms with Crippen LogP contribution in [0.15, 0.2) is 97.1 Å². The van der Waals surface area contributed by atoms with Gasteiger partial charge in [0.1, 0.15) is 0 Å². The summed E-state index contributed by atoms with van der Waals surface area (Å²) < 4.78 is 5.06. The number of aryl methyl sites for hydroxylation is 1. The minimum atomic E-state index is 1.28. The van der Waals surface area contributed by atoms with Crippen LogP contribution in [0, 0.1) is 0 Å². The second-order valence-corrected chi connectivity index (χ2v) is 9.37.